The summed E-state index contributed by atoms with van der Waals surface area (Å²) >= 11 is 12.7. The van der Waals surface area contributed by atoms with Crippen molar-refractivity contribution < 1.29 is 47.0 Å². The molecule has 0 aliphatic carbocycles. The summed E-state index contributed by atoms with van der Waals surface area (Å²) in [7, 11) is 1.57. The van der Waals surface area contributed by atoms with Crippen molar-refractivity contribution in [2.75, 3.05) is 160 Å². The summed E-state index contributed by atoms with van der Waals surface area (Å²) < 4.78 is 49.1. The number of urea groups is 1. The number of likely N-dealkylation sites (tertiary alicyclic amines) is 1. The van der Waals surface area contributed by atoms with E-state index in [0.29, 0.717) is 123 Å². The number of amidine groups is 1. The van der Waals surface area contributed by atoms with Crippen molar-refractivity contribution in [3.05, 3.63) is 135 Å². The van der Waals surface area contributed by atoms with E-state index in [0.717, 1.165) is 69.1 Å². The number of carbonyl (C=O) groups excluding carboxylic acids is 5. The zero-order valence-corrected chi connectivity index (χ0v) is 58.2. The van der Waals surface area contributed by atoms with Crippen molar-refractivity contribution in [2.45, 2.75) is 90.1 Å². The molecule has 526 valence electrons. The third-order valence-electron chi connectivity index (χ3n) is 19.3. The number of nitrogens with one attached hydrogen (secondary N) is 4. The first-order valence-corrected chi connectivity index (χ1v) is 34.9. The van der Waals surface area contributed by atoms with Crippen LogP contribution in [-0.4, -0.2) is 231 Å². The van der Waals surface area contributed by atoms with Crippen LogP contribution in [0, 0.1) is 17.0 Å². The Labute approximate surface area is 582 Å². The molecule has 11 rings (SSSR count). The van der Waals surface area contributed by atoms with Crippen LogP contribution in [0.2, 0.25) is 10.0 Å². The van der Waals surface area contributed by atoms with Gasteiger partial charge in [-0.1, -0.05) is 61.3 Å². The van der Waals surface area contributed by atoms with Crippen molar-refractivity contribution in [3.63, 3.8) is 0 Å². The molecule has 0 saturated carbocycles. The second kappa shape index (κ2) is 32.4. The fourth-order valence-corrected chi connectivity index (χ4v) is 13.9. The number of anilines is 3. The largest absolute Gasteiger partial charge is 0.497 e. The highest BCUT2D eigenvalue weighted by atomic mass is 35.5. The van der Waals surface area contributed by atoms with Crippen molar-refractivity contribution in [1.82, 2.24) is 55.3 Å². The lowest BCUT2D eigenvalue weighted by Crippen LogP contribution is -2.66. The molecule has 6 aliphatic rings. The molecular weight excluding hydrogens is 1300 g/mol. The number of carbonyl (C=O) groups is 5. The summed E-state index contributed by atoms with van der Waals surface area (Å²) in [5.41, 5.74) is 2.26. The summed E-state index contributed by atoms with van der Waals surface area (Å²) in [6, 6.07) is 22.8. The SMILES string of the molecule is COc1ccc(C2=N[C@@H](c3ccc(Cl)cc3)[C@@H](c3ccc(Cl)cc3)N2C(=O)N2CCN(CC(=O)NCCOCCN3CCN(CC(=O)NCCCNc4cc(N5CCC6(CC5)CN(c5cc(F)c(CN7CCC(C)(C)CC7)cc5F)CC(=O)N6)ncn4)CC3)C(=O)C2)c(OC(C)C)c1. The van der Waals surface area contributed by atoms with Gasteiger partial charge in [-0.05, 0) is 118 Å². The molecule has 0 unspecified atom stereocenters. The number of methoxy groups -OCH3 is 1. The van der Waals surface area contributed by atoms with Crippen LogP contribution in [0.25, 0.3) is 0 Å². The monoisotopic (exact) mass is 1390 g/mol. The van der Waals surface area contributed by atoms with Gasteiger partial charge in [0.1, 0.15) is 59.5 Å². The highest BCUT2D eigenvalue weighted by molar-refractivity contribution is 6.30. The minimum Gasteiger partial charge on any atom is -0.497 e. The molecule has 27 heteroatoms. The first kappa shape index (κ1) is 71.3. The lowest BCUT2D eigenvalue weighted by molar-refractivity contribution is -0.139. The highest BCUT2D eigenvalue weighted by Gasteiger charge is 2.47. The van der Waals surface area contributed by atoms with Gasteiger partial charge < -0.3 is 55.1 Å². The van der Waals surface area contributed by atoms with E-state index in [9.17, 15) is 19.2 Å². The van der Waals surface area contributed by atoms with Crippen LogP contribution in [0.5, 0.6) is 11.5 Å². The van der Waals surface area contributed by atoms with Crippen LogP contribution in [0.3, 0.4) is 0 Å². The normalized spacial score (nSPS) is 20.0. The zero-order valence-electron chi connectivity index (χ0n) is 56.7. The number of amides is 6. The predicted octanol–water partition coefficient (Wildman–Crippen LogP) is 7.63. The second-order valence-corrected chi connectivity index (χ2v) is 28.2. The molecule has 4 N–H and O–H groups in total. The van der Waals surface area contributed by atoms with Crippen LogP contribution in [0.1, 0.15) is 94.1 Å². The Morgan fingerprint density at radius 2 is 1.41 bits per heavy atom. The molecule has 2 atom stereocenters. The number of aromatic nitrogens is 2. The van der Waals surface area contributed by atoms with Gasteiger partial charge in [-0.15, -0.1) is 0 Å². The van der Waals surface area contributed by atoms with Gasteiger partial charge in [0.2, 0.25) is 23.6 Å². The second-order valence-electron chi connectivity index (χ2n) is 27.3. The zero-order chi connectivity index (χ0) is 69.1. The average Bonchev–Trinajstić information content (AvgIpc) is 1.57. The van der Waals surface area contributed by atoms with Crippen molar-refractivity contribution in [2.24, 2.45) is 10.4 Å². The summed E-state index contributed by atoms with van der Waals surface area (Å²) in [6.07, 6.45) is 5.20. The van der Waals surface area contributed by atoms with Crippen molar-refractivity contribution >= 4 is 76.0 Å². The third kappa shape index (κ3) is 18.3. The summed E-state index contributed by atoms with van der Waals surface area (Å²) in [4.78, 5) is 97.5. The van der Waals surface area contributed by atoms with Gasteiger partial charge >= 0.3 is 6.03 Å². The first-order valence-electron chi connectivity index (χ1n) is 34.1. The van der Waals surface area contributed by atoms with Crippen LogP contribution in [0.4, 0.5) is 30.9 Å². The Morgan fingerprint density at radius 3 is 2.11 bits per heavy atom. The Bertz CT molecular complexity index is 3640. The van der Waals surface area contributed by atoms with E-state index in [1.165, 1.54) is 28.3 Å². The van der Waals surface area contributed by atoms with Gasteiger partial charge in [0.05, 0.1) is 68.9 Å². The molecule has 5 saturated heterocycles. The van der Waals surface area contributed by atoms with Crippen LogP contribution >= 0.6 is 23.2 Å². The van der Waals surface area contributed by atoms with Crippen LogP contribution in [0.15, 0.2) is 96.2 Å². The number of piperazine rings is 3. The van der Waals surface area contributed by atoms with Crippen LogP contribution < -0.4 is 40.5 Å². The molecule has 7 heterocycles. The number of hydrogen-bond acceptors (Lipinski definition) is 17. The van der Waals surface area contributed by atoms with E-state index in [4.69, 9.17) is 42.4 Å². The quantitative estimate of drug-likeness (QED) is 0.0412. The Balaban J connectivity index is 0.556. The number of halogens is 4. The Hall–Kier alpha value is -7.94. The van der Waals surface area contributed by atoms with Gasteiger partial charge in [-0.25, -0.2) is 23.5 Å². The van der Waals surface area contributed by atoms with Crippen molar-refractivity contribution in [3.8, 4) is 11.5 Å². The molecule has 98 heavy (non-hydrogen) atoms. The Morgan fingerprint density at radius 1 is 0.714 bits per heavy atom. The lowest BCUT2D eigenvalue weighted by atomic mass is 9.82. The van der Waals surface area contributed by atoms with Gasteiger partial charge in [-0.2, -0.15) is 0 Å². The molecule has 5 fully saturated rings. The molecule has 5 aromatic rings. The average molecular weight is 1390 g/mol. The molecule has 0 bridgehead atoms. The molecule has 0 radical (unpaired) electrons. The number of rotatable bonds is 25. The molecule has 6 aliphatic heterocycles. The summed E-state index contributed by atoms with van der Waals surface area (Å²) in [6.45, 7) is 17.9. The smallest absolute Gasteiger partial charge is 0.326 e. The number of hydrogen-bond donors (Lipinski definition) is 4. The van der Waals surface area contributed by atoms with E-state index in [-0.39, 0.29) is 86.7 Å². The van der Waals surface area contributed by atoms with Gasteiger partial charge in [0.15, 0.2) is 0 Å². The van der Waals surface area contributed by atoms with E-state index in [1.807, 2.05) is 50.2 Å². The number of piperidine rings is 2. The fraction of sp³-hybridized carbons (Fsp3) is 0.521. The van der Waals surface area contributed by atoms with Gasteiger partial charge in [0, 0.05) is 125 Å². The van der Waals surface area contributed by atoms with Gasteiger partial charge in [-0.3, -0.25) is 43.8 Å². The molecule has 23 nitrogen and oxygen atoms in total. The highest BCUT2D eigenvalue weighted by Crippen LogP contribution is 2.46. The molecule has 6 amide bonds. The van der Waals surface area contributed by atoms with Crippen molar-refractivity contribution in [1.29, 1.82) is 0 Å². The first-order chi connectivity index (χ1) is 47.2. The minimum absolute atomic E-state index is 0.0366. The lowest BCUT2D eigenvalue weighted by Gasteiger charge is -2.48. The summed E-state index contributed by atoms with van der Waals surface area (Å²) in [5.74, 6) is 0.865. The standard InChI is InChI=1S/C71H91Cl2F2N15O8/c1-48(2)98-59-38-54(96-5)15-16-55(59)68-81-66(49-7-11-52(72)12-8-49)67(50-9-13-53(73)14-10-50)90(68)69(95)88-33-32-87(65(94)45-88)43-63(92)78-23-35-97-36-34-83-28-30-85(31-29-83)42-62(91)77-22-6-21-76-60-40-61(80-47-79-60)86-26-19-71(20-27-86)46-89(44-64(93)82-71)58-39-56(74)51(37-57(58)75)41-84-24-17-70(3,4)18-25-84/h7-16,37-40,47-48,66-67H,6,17-36,41-46H2,1-5H3,(H,77,91)(H,78,92)(H,82,93)(H,76,79,80)/t66-,67+/m0/s1. The maximum Gasteiger partial charge on any atom is 0.326 e. The Kier molecular flexibility index (Phi) is 23.6. The molecular formula is C71H91Cl2F2N15O8. The topological polar surface area (TPSA) is 225 Å². The predicted molar refractivity (Wildman–Crippen MR) is 373 cm³/mol. The van der Waals surface area contributed by atoms with E-state index in [1.54, 1.807) is 53.3 Å². The van der Waals surface area contributed by atoms with Crippen LogP contribution in [-0.2, 0) is 30.5 Å². The summed E-state index contributed by atoms with van der Waals surface area (Å²) in [5, 5.41) is 13.5. The fourth-order valence-electron chi connectivity index (χ4n) is 13.7. The maximum atomic E-state index is 15.8. The molecule has 4 aromatic carbocycles. The van der Waals surface area contributed by atoms with E-state index in [2.05, 4.69) is 64.7 Å². The molecule has 1 aromatic heterocycles. The minimum atomic E-state index is -0.661. The molecule has 1 spiro atoms. The number of benzene rings is 4. The van der Waals surface area contributed by atoms with Gasteiger partial charge in [0.25, 0.3) is 0 Å². The van der Waals surface area contributed by atoms with E-state index >= 15 is 13.6 Å². The van der Waals surface area contributed by atoms with E-state index < -0.39 is 35.3 Å². The maximum absolute atomic E-state index is 15.8. The number of nitrogens with zero attached hydrogens (tertiary/aromatic N) is 11. The third-order valence-corrected chi connectivity index (χ3v) is 19.8. The number of ether oxygens (including phenoxy) is 3. The number of aliphatic imine (C=N–C) groups is 1.